The molecule has 0 atom stereocenters. The summed E-state index contributed by atoms with van der Waals surface area (Å²) in [5.74, 6) is -0.199. The van der Waals surface area contributed by atoms with Crippen molar-refractivity contribution in [2.75, 3.05) is 17.5 Å². The van der Waals surface area contributed by atoms with E-state index >= 15 is 0 Å². The Kier molecular flexibility index (Phi) is 4.82. The third-order valence-electron chi connectivity index (χ3n) is 5.08. The molecule has 0 spiro atoms. The Labute approximate surface area is 168 Å². The topological polar surface area (TPSA) is 88.4 Å². The molecular weight excluding hydrogens is 395 g/mol. The molecule has 1 aliphatic carbocycles. The zero-order chi connectivity index (χ0) is 20.8. The van der Waals surface area contributed by atoms with Gasteiger partial charge in [-0.1, -0.05) is 0 Å². The Balaban J connectivity index is 1.95. The van der Waals surface area contributed by atoms with Crippen LogP contribution in [-0.2, 0) is 10.0 Å². The number of benzene rings is 2. The lowest BCUT2D eigenvalue weighted by atomic mass is 10.0. The lowest BCUT2D eigenvalue weighted by molar-refractivity contribution is 0.0964. The standard InChI is InChI=1S/C21H21FN2O4S/c1-3-29(26,27)24-17-11-18-16(10-15(17)12-4-5-12)19(21(25)23-2)20(28-18)13-6-8-14(22)9-7-13/h6-12,24H,3-5H2,1-2H3,(H,23,25). The number of halogens is 1. The van der Waals surface area contributed by atoms with Crippen LogP contribution in [0, 0.1) is 5.82 Å². The maximum absolute atomic E-state index is 13.3. The highest BCUT2D eigenvalue weighted by Crippen LogP contribution is 2.46. The summed E-state index contributed by atoms with van der Waals surface area (Å²) in [6.07, 6.45) is 1.93. The van der Waals surface area contributed by atoms with Crippen molar-refractivity contribution in [2.24, 2.45) is 0 Å². The van der Waals surface area contributed by atoms with Gasteiger partial charge in [-0.05, 0) is 61.6 Å². The fourth-order valence-electron chi connectivity index (χ4n) is 3.37. The highest BCUT2D eigenvalue weighted by atomic mass is 32.2. The van der Waals surface area contributed by atoms with Crippen molar-refractivity contribution >= 4 is 32.6 Å². The Morgan fingerprint density at radius 2 is 1.90 bits per heavy atom. The van der Waals surface area contributed by atoms with Gasteiger partial charge < -0.3 is 9.73 Å². The van der Waals surface area contributed by atoms with Gasteiger partial charge in [0.2, 0.25) is 10.0 Å². The molecule has 1 amide bonds. The van der Waals surface area contributed by atoms with E-state index in [1.54, 1.807) is 25.1 Å². The molecule has 1 saturated carbocycles. The molecule has 4 rings (SSSR count). The number of hydrogen-bond donors (Lipinski definition) is 2. The normalized spacial score (nSPS) is 14.2. The van der Waals surface area contributed by atoms with Crippen LogP contribution in [0.1, 0.15) is 41.6 Å². The lowest BCUT2D eigenvalue weighted by Crippen LogP contribution is -2.18. The highest BCUT2D eigenvalue weighted by Gasteiger charge is 2.30. The first kappa shape index (κ1) is 19.4. The Hall–Kier alpha value is -2.87. The predicted molar refractivity (Wildman–Crippen MR) is 110 cm³/mol. The summed E-state index contributed by atoms with van der Waals surface area (Å²) in [7, 11) is -1.93. The second kappa shape index (κ2) is 7.18. The molecule has 0 radical (unpaired) electrons. The van der Waals surface area contributed by atoms with E-state index in [1.165, 1.54) is 19.2 Å². The summed E-state index contributed by atoms with van der Waals surface area (Å²) < 4.78 is 46.2. The molecule has 152 valence electrons. The van der Waals surface area contributed by atoms with Crippen LogP contribution in [0.2, 0.25) is 0 Å². The summed E-state index contributed by atoms with van der Waals surface area (Å²) in [5.41, 5.74) is 2.63. The van der Waals surface area contributed by atoms with Crippen molar-refractivity contribution in [1.29, 1.82) is 0 Å². The molecule has 29 heavy (non-hydrogen) atoms. The maximum atomic E-state index is 13.3. The van der Waals surface area contributed by atoms with Crippen LogP contribution >= 0.6 is 0 Å². The van der Waals surface area contributed by atoms with Crippen molar-refractivity contribution in [3.63, 3.8) is 0 Å². The predicted octanol–water partition coefficient (Wildman–Crippen LogP) is 4.24. The first-order valence-corrected chi connectivity index (χ1v) is 11.1. The van der Waals surface area contributed by atoms with E-state index in [0.29, 0.717) is 33.5 Å². The number of amides is 1. The smallest absolute Gasteiger partial charge is 0.255 e. The molecule has 1 fully saturated rings. The van der Waals surface area contributed by atoms with Gasteiger partial charge in [-0.15, -0.1) is 0 Å². The molecule has 8 heteroatoms. The van der Waals surface area contributed by atoms with Gasteiger partial charge in [0.05, 0.1) is 17.0 Å². The van der Waals surface area contributed by atoms with Gasteiger partial charge in [0, 0.05) is 24.1 Å². The van der Waals surface area contributed by atoms with Gasteiger partial charge >= 0.3 is 0 Å². The third-order valence-corrected chi connectivity index (χ3v) is 6.37. The minimum Gasteiger partial charge on any atom is -0.455 e. The molecule has 0 unspecified atom stereocenters. The number of furan rings is 1. The Bertz CT molecular complexity index is 1200. The number of fused-ring (bicyclic) bond motifs is 1. The van der Waals surface area contributed by atoms with Gasteiger partial charge in [-0.25, -0.2) is 12.8 Å². The first-order chi connectivity index (χ1) is 13.8. The van der Waals surface area contributed by atoms with Crippen LogP contribution < -0.4 is 10.0 Å². The Morgan fingerprint density at radius 1 is 1.21 bits per heavy atom. The minimum atomic E-state index is -3.46. The van der Waals surface area contributed by atoms with Crippen LogP contribution in [0.25, 0.3) is 22.3 Å². The van der Waals surface area contributed by atoms with Crippen LogP contribution in [0.4, 0.5) is 10.1 Å². The molecule has 0 saturated heterocycles. The number of carbonyl (C=O) groups is 1. The summed E-state index contributed by atoms with van der Waals surface area (Å²) >= 11 is 0. The van der Waals surface area contributed by atoms with Gasteiger partial charge in [0.15, 0.2) is 0 Å². The van der Waals surface area contributed by atoms with E-state index in [2.05, 4.69) is 10.0 Å². The quantitative estimate of drug-likeness (QED) is 0.629. The molecular formula is C21H21FN2O4S. The van der Waals surface area contributed by atoms with E-state index in [1.807, 2.05) is 6.07 Å². The molecule has 1 aliphatic rings. The van der Waals surface area contributed by atoms with Crippen molar-refractivity contribution in [3.8, 4) is 11.3 Å². The largest absolute Gasteiger partial charge is 0.455 e. The highest BCUT2D eigenvalue weighted by molar-refractivity contribution is 7.92. The van der Waals surface area contributed by atoms with Crippen LogP contribution in [-0.4, -0.2) is 27.1 Å². The first-order valence-electron chi connectivity index (χ1n) is 9.42. The van der Waals surface area contributed by atoms with Crippen LogP contribution in [0.3, 0.4) is 0 Å². The SMILES string of the molecule is CCS(=O)(=O)Nc1cc2oc(-c3ccc(F)cc3)c(C(=O)NC)c2cc1C1CC1. The van der Waals surface area contributed by atoms with Crippen molar-refractivity contribution in [1.82, 2.24) is 5.32 Å². The fourth-order valence-corrected chi connectivity index (χ4v) is 4.03. The second-order valence-corrected chi connectivity index (χ2v) is 9.12. The van der Waals surface area contributed by atoms with Gasteiger partial charge in [-0.3, -0.25) is 9.52 Å². The number of nitrogens with one attached hydrogen (secondary N) is 2. The van der Waals surface area contributed by atoms with Crippen molar-refractivity contribution < 1.29 is 22.0 Å². The number of sulfonamides is 1. The number of hydrogen-bond acceptors (Lipinski definition) is 4. The number of rotatable bonds is 6. The van der Waals surface area contributed by atoms with E-state index in [0.717, 1.165) is 18.4 Å². The van der Waals surface area contributed by atoms with Gasteiger partial charge in [0.1, 0.15) is 17.2 Å². The second-order valence-electron chi connectivity index (χ2n) is 7.11. The molecule has 3 aromatic rings. The number of anilines is 1. The summed E-state index contributed by atoms with van der Waals surface area (Å²) in [6, 6.07) is 9.15. The molecule has 6 nitrogen and oxygen atoms in total. The van der Waals surface area contributed by atoms with E-state index < -0.39 is 15.8 Å². The molecule has 0 bridgehead atoms. The van der Waals surface area contributed by atoms with E-state index in [-0.39, 0.29) is 17.6 Å². The number of carbonyl (C=O) groups excluding carboxylic acids is 1. The van der Waals surface area contributed by atoms with Gasteiger partial charge in [0.25, 0.3) is 5.91 Å². The molecule has 0 aliphatic heterocycles. The maximum Gasteiger partial charge on any atom is 0.255 e. The summed E-state index contributed by atoms with van der Waals surface area (Å²) in [4.78, 5) is 12.6. The molecule has 1 heterocycles. The van der Waals surface area contributed by atoms with E-state index in [4.69, 9.17) is 4.42 Å². The average molecular weight is 416 g/mol. The Morgan fingerprint density at radius 3 is 2.48 bits per heavy atom. The van der Waals surface area contributed by atoms with Crippen LogP contribution in [0.5, 0.6) is 0 Å². The van der Waals surface area contributed by atoms with Gasteiger partial charge in [-0.2, -0.15) is 0 Å². The van der Waals surface area contributed by atoms with E-state index in [9.17, 15) is 17.6 Å². The van der Waals surface area contributed by atoms with Crippen molar-refractivity contribution in [2.45, 2.75) is 25.7 Å². The van der Waals surface area contributed by atoms with Crippen LogP contribution in [0.15, 0.2) is 40.8 Å². The monoisotopic (exact) mass is 416 g/mol. The third kappa shape index (κ3) is 3.72. The minimum absolute atomic E-state index is 0.0440. The zero-order valence-electron chi connectivity index (χ0n) is 16.1. The molecule has 2 N–H and O–H groups in total. The average Bonchev–Trinajstić information content (AvgIpc) is 3.48. The van der Waals surface area contributed by atoms with Crippen molar-refractivity contribution in [3.05, 3.63) is 53.3 Å². The molecule has 2 aromatic carbocycles. The zero-order valence-corrected chi connectivity index (χ0v) is 16.9. The lowest BCUT2D eigenvalue weighted by Gasteiger charge is -2.11. The summed E-state index contributed by atoms with van der Waals surface area (Å²) in [6.45, 7) is 1.57. The molecule has 1 aromatic heterocycles. The fraction of sp³-hybridized carbons (Fsp3) is 0.286. The summed E-state index contributed by atoms with van der Waals surface area (Å²) in [5, 5.41) is 3.22.